The number of aryl methyl sites for hydroxylation is 1. The molecule has 0 aromatic carbocycles. The van der Waals surface area contributed by atoms with Gasteiger partial charge in [0.25, 0.3) is 5.91 Å². The van der Waals surface area contributed by atoms with E-state index in [4.69, 9.17) is 10.0 Å². The van der Waals surface area contributed by atoms with E-state index in [0.717, 1.165) is 29.4 Å². The van der Waals surface area contributed by atoms with Crippen LogP contribution in [-0.2, 0) is 24.3 Å². The topological polar surface area (TPSA) is 107 Å². The van der Waals surface area contributed by atoms with Gasteiger partial charge in [-0.2, -0.15) is 9.65 Å². The van der Waals surface area contributed by atoms with Crippen LogP contribution in [0.2, 0.25) is 0 Å². The third kappa shape index (κ3) is 4.16. The molecule has 1 saturated carbocycles. The molecule has 2 aromatic rings. The number of aromatic nitrogens is 2. The Kier molecular flexibility index (Phi) is 5.97. The van der Waals surface area contributed by atoms with E-state index >= 15 is 0 Å². The monoisotopic (exact) mass is 428 g/mol. The molecular formula is C21H25FN6OS. The summed E-state index contributed by atoms with van der Waals surface area (Å²) in [7, 11) is 0.896. The predicted molar refractivity (Wildman–Crippen MR) is 112 cm³/mol. The predicted octanol–water partition coefficient (Wildman–Crippen LogP) is 3.82. The second-order valence-corrected chi connectivity index (χ2v) is 9.32. The van der Waals surface area contributed by atoms with Crippen LogP contribution < -0.4 is 10.0 Å². The Morgan fingerprint density at radius 3 is 2.87 bits per heavy atom. The highest BCUT2D eigenvalue weighted by molar-refractivity contribution is 7.84. The third-order valence-electron chi connectivity index (χ3n) is 6.04. The fourth-order valence-electron chi connectivity index (χ4n) is 4.62. The molecule has 9 heteroatoms. The number of hydrogen-bond acceptors (Lipinski definition) is 4. The molecule has 0 spiro atoms. The van der Waals surface area contributed by atoms with Crippen molar-refractivity contribution in [3.05, 3.63) is 41.2 Å². The number of hydrogen-bond donors (Lipinski definition) is 3. The SMILES string of the molecule is Cn1cc2c(c1C(=O)Nc1cc(F)nc(C#N)c1)CCC(C1CCCCC1)NS2=N. The number of halogens is 1. The standard InChI is InChI=1S/C21H25FN6OS/c1-28-12-18-16(7-8-17(27-30(18)24)13-5-3-2-4-6-13)20(28)21(29)26-14-9-15(11-23)25-19(22)10-14/h9-10,12-13,17H,2-8H2,1H3,(H2,24,27)(H,25,26,29). The molecule has 3 N–H and O–H groups in total. The second kappa shape index (κ2) is 8.66. The molecule has 1 aliphatic heterocycles. The highest BCUT2D eigenvalue weighted by Gasteiger charge is 2.31. The first kappa shape index (κ1) is 20.7. The highest BCUT2D eigenvalue weighted by atomic mass is 32.2. The van der Waals surface area contributed by atoms with Crippen molar-refractivity contribution in [2.24, 2.45) is 13.0 Å². The van der Waals surface area contributed by atoms with E-state index in [2.05, 4.69) is 15.0 Å². The van der Waals surface area contributed by atoms with Crippen molar-refractivity contribution in [2.45, 2.75) is 55.9 Å². The van der Waals surface area contributed by atoms with E-state index in [1.165, 1.54) is 38.2 Å². The molecule has 2 atom stereocenters. The molecule has 2 aromatic heterocycles. The van der Waals surface area contributed by atoms with Crippen LogP contribution in [0.5, 0.6) is 0 Å². The zero-order chi connectivity index (χ0) is 21.3. The summed E-state index contributed by atoms with van der Waals surface area (Å²) in [5.41, 5.74) is 1.46. The van der Waals surface area contributed by atoms with E-state index in [9.17, 15) is 9.18 Å². The van der Waals surface area contributed by atoms with Crippen molar-refractivity contribution in [3.63, 3.8) is 0 Å². The van der Waals surface area contributed by atoms with Gasteiger partial charge in [-0.1, -0.05) is 19.3 Å². The summed E-state index contributed by atoms with van der Waals surface area (Å²) >= 11 is 0. The van der Waals surface area contributed by atoms with Crippen molar-refractivity contribution in [1.82, 2.24) is 14.3 Å². The Morgan fingerprint density at radius 2 is 2.13 bits per heavy atom. The average Bonchev–Trinajstić information content (AvgIpc) is 2.98. The molecule has 3 heterocycles. The maximum absolute atomic E-state index is 13.6. The van der Waals surface area contributed by atoms with Gasteiger partial charge in [0.2, 0.25) is 5.95 Å². The first-order valence-corrected chi connectivity index (χ1v) is 11.5. The van der Waals surface area contributed by atoms with Gasteiger partial charge >= 0.3 is 0 Å². The number of carbonyl (C=O) groups excluding carboxylic acids is 1. The molecule has 158 valence electrons. The van der Waals surface area contributed by atoms with Crippen LogP contribution in [0.25, 0.3) is 0 Å². The van der Waals surface area contributed by atoms with E-state index in [-0.39, 0.29) is 17.3 Å². The van der Waals surface area contributed by atoms with Crippen LogP contribution in [-0.4, -0.2) is 21.5 Å². The van der Waals surface area contributed by atoms with Crippen molar-refractivity contribution in [1.29, 1.82) is 10.0 Å². The van der Waals surface area contributed by atoms with Gasteiger partial charge < -0.3 is 9.88 Å². The van der Waals surface area contributed by atoms with Crippen molar-refractivity contribution < 1.29 is 9.18 Å². The Balaban J connectivity index is 1.58. The number of carbonyl (C=O) groups is 1. The molecule has 1 aliphatic carbocycles. The van der Waals surface area contributed by atoms with Crippen molar-refractivity contribution in [3.8, 4) is 6.07 Å². The fourth-order valence-corrected chi connectivity index (χ4v) is 6.07. The number of rotatable bonds is 3. The van der Waals surface area contributed by atoms with Crippen LogP contribution in [0, 0.1) is 28.0 Å². The lowest BCUT2D eigenvalue weighted by Gasteiger charge is -2.30. The summed E-state index contributed by atoms with van der Waals surface area (Å²) in [6.45, 7) is 0. The van der Waals surface area contributed by atoms with Gasteiger partial charge in [-0.3, -0.25) is 9.57 Å². The number of nitrogens with zero attached hydrogens (tertiary/aromatic N) is 3. The normalized spacial score (nSPS) is 22.0. The van der Waals surface area contributed by atoms with Crippen LogP contribution in [0.4, 0.5) is 10.1 Å². The smallest absolute Gasteiger partial charge is 0.272 e. The molecule has 0 bridgehead atoms. The van der Waals surface area contributed by atoms with Crippen molar-refractivity contribution in [2.75, 3.05) is 5.32 Å². The molecule has 0 saturated heterocycles. The second-order valence-electron chi connectivity index (χ2n) is 8.03. The molecule has 7 nitrogen and oxygen atoms in total. The lowest BCUT2D eigenvalue weighted by atomic mass is 9.82. The molecule has 1 amide bonds. The van der Waals surface area contributed by atoms with Crippen LogP contribution in [0.1, 0.15) is 60.3 Å². The Hall–Kier alpha value is -2.57. The molecule has 2 aliphatic rings. The summed E-state index contributed by atoms with van der Waals surface area (Å²) in [4.78, 5) is 17.4. The fraction of sp³-hybridized carbons (Fsp3) is 0.476. The summed E-state index contributed by atoms with van der Waals surface area (Å²) in [5.74, 6) is -0.595. The van der Waals surface area contributed by atoms with Gasteiger partial charge in [-0.25, -0.2) is 9.71 Å². The van der Waals surface area contributed by atoms with Gasteiger partial charge in [-0.05, 0) is 54.1 Å². The minimum absolute atomic E-state index is 0.0942. The third-order valence-corrected chi connectivity index (χ3v) is 7.37. The molecule has 0 radical (unpaired) electrons. The van der Waals surface area contributed by atoms with Gasteiger partial charge in [0.15, 0.2) is 0 Å². The number of anilines is 1. The van der Waals surface area contributed by atoms with Crippen LogP contribution in [0.3, 0.4) is 0 Å². The first-order chi connectivity index (χ1) is 14.5. The first-order valence-electron chi connectivity index (χ1n) is 10.2. The summed E-state index contributed by atoms with van der Waals surface area (Å²) in [6, 6.07) is 4.53. The Labute approximate surface area is 177 Å². The number of fused-ring (bicyclic) bond motifs is 1. The zero-order valence-corrected chi connectivity index (χ0v) is 17.7. The summed E-state index contributed by atoms with van der Waals surface area (Å²) in [6.07, 6.45) is 9.68. The lowest BCUT2D eigenvalue weighted by Crippen LogP contribution is -2.37. The highest BCUT2D eigenvalue weighted by Crippen LogP contribution is 2.33. The maximum atomic E-state index is 13.6. The van der Waals surface area contributed by atoms with Gasteiger partial charge in [-0.15, -0.1) is 0 Å². The Morgan fingerprint density at radius 1 is 1.37 bits per heavy atom. The van der Waals surface area contributed by atoms with Gasteiger partial charge in [0.05, 0.1) is 4.90 Å². The zero-order valence-electron chi connectivity index (χ0n) is 16.9. The van der Waals surface area contributed by atoms with E-state index < -0.39 is 16.8 Å². The lowest BCUT2D eigenvalue weighted by molar-refractivity contribution is 0.101. The van der Waals surface area contributed by atoms with Crippen molar-refractivity contribution >= 4 is 22.5 Å². The maximum Gasteiger partial charge on any atom is 0.272 e. The average molecular weight is 429 g/mol. The number of nitrogens with one attached hydrogen (secondary N) is 3. The van der Waals surface area contributed by atoms with Crippen LogP contribution >= 0.6 is 0 Å². The molecule has 1 fully saturated rings. The number of nitriles is 1. The summed E-state index contributed by atoms with van der Waals surface area (Å²) in [5, 5.41) is 11.7. The minimum atomic E-state index is -0.889. The molecule has 2 unspecified atom stereocenters. The van der Waals surface area contributed by atoms with Gasteiger partial charge in [0.1, 0.15) is 17.5 Å². The van der Waals surface area contributed by atoms with E-state index in [1.807, 2.05) is 6.20 Å². The number of pyridine rings is 1. The quantitative estimate of drug-likeness (QED) is 0.646. The van der Waals surface area contributed by atoms with E-state index in [1.54, 1.807) is 17.7 Å². The number of amides is 1. The van der Waals surface area contributed by atoms with Crippen LogP contribution in [0.15, 0.2) is 23.2 Å². The summed E-state index contributed by atoms with van der Waals surface area (Å²) < 4.78 is 27.6. The largest absolute Gasteiger partial charge is 0.345 e. The molecular weight excluding hydrogens is 403 g/mol. The Bertz CT molecular complexity index is 1040. The van der Waals surface area contributed by atoms with E-state index in [0.29, 0.717) is 17.7 Å². The minimum Gasteiger partial charge on any atom is -0.345 e. The molecule has 30 heavy (non-hydrogen) atoms. The molecule has 4 rings (SSSR count). The van der Waals surface area contributed by atoms with Gasteiger partial charge in [0, 0.05) is 31.0 Å².